The van der Waals surface area contributed by atoms with E-state index in [0.29, 0.717) is 23.4 Å². The molecular weight excluding hydrogens is 364 g/mol. The smallest absolute Gasteiger partial charge is 0.255 e. The lowest BCUT2D eigenvalue weighted by Gasteiger charge is -2.15. The fourth-order valence-electron chi connectivity index (χ4n) is 3.07. The van der Waals surface area contributed by atoms with Crippen LogP contribution in [0.3, 0.4) is 0 Å². The molecule has 1 atom stereocenters. The molecule has 0 radical (unpaired) electrons. The maximum Gasteiger partial charge on any atom is 0.255 e. The molecule has 3 rings (SSSR count). The summed E-state index contributed by atoms with van der Waals surface area (Å²) >= 11 is 0. The Balaban J connectivity index is 1.63. The molecule has 0 saturated carbocycles. The first-order valence-electron chi connectivity index (χ1n) is 9.52. The van der Waals surface area contributed by atoms with E-state index in [9.17, 15) is 9.59 Å². The van der Waals surface area contributed by atoms with E-state index in [-0.39, 0.29) is 17.7 Å². The number of carbonyl (C=O) groups is 2. The van der Waals surface area contributed by atoms with Crippen LogP contribution in [0.5, 0.6) is 5.75 Å². The van der Waals surface area contributed by atoms with E-state index in [1.54, 1.807) is 55.6 Å². The van der Waals surface area contributed by atoms with Crippen molar-refractivity contribution in [3.8, 4) is 5.75 Å². The van der Waals surface area contributed by atoms with Crippen LogP contribution in [0.15, 0.2) is 78.9 Å². The predicted molar refractivity (Wildman–Crippen MR) is 115 cm³/mol. The maximum atomic E-state index is 12.7. The molecule has 0 aliphatic heterocycles. The lowest BCUT2D eigenvalue weighted by Crippen LogP contribution is -2.20. The van der Waals surface area contributed by atoms with Gasteiger partial charge in [-0.3, -0.25) is 9.59 Å². The van der Waals surface area contributed by atoms with Gasteiger partial charge < -0.3 is 15.4 Å². The van der Waals surface area contributed by atoms with Crippen LogP contribution in [-0.4, -0.2) is 18.9 Å². The predicted octanol–water partition coefficient (Wildman–Crippen LogP) is 5.08. The van der Waals surface area contributed by atoms with Gasteiger partial charge in [0.15, 0.2) is 0 Å². The highest BCUT2D eigenvalue weighted by molar-refractivity contribution is 6.04. The largest absolute Gasteiger partial charge is 0.497 e. The lowest BCUT2D eigenvalue weighted by atomic mass is 9.95. The summed E-state index contributed by atoms with van der Waals surface area (Å²) in [6.45, 7) is 1.99. The summed E-state index contributed by atoms with van der Waals surface area (Å²) in [5.74, 6) is 0.233. The summed E-state index contributed by atoms with van der Waals surface area (Å²) in [4.78, 5) is 25.1. The molecule has 0 saturated heterocycles. The minimum absolute atomic E-state index is 0.0610. The molecule has 0 aromatic heterocycles. The first-order chi connectivity index (χ1) is 14.1. The Labute approximate surface area is 170 Å². The van der Waals surface area contributed by atoms with Crippen molar-refractivity contribution in [2.24, 2.45) is 0 Å². The van der Waals surface area contributed by atoms with Crippen molar-refractivity contribution in [1.82, 2.24) is 0 Å². The van der Waals surface area contributed by atoms with Gasteiger partial charge in [0, 0.05) is 16.9 Å². The number of nitrogens with one attached hydrogen (secondary N) is 2. The van der Waals surface area contributed by atoms with Gasteiger partial charge in [-0.2, -0.15) is 0 Å². The molecule has 5 nitrogen and oxygen atoms in total. The summed E-state index contributed by atoms with van der Waals surface area (Å²) in [7, 11) is 1.59. The van der Waals surface area contributed by atoms with Crippen LogP contribution >= 0.6 is 0 Å². The molecule has 29 heavy (non-hydrogen) atoms. The van der Waals surface area contributed by atoms with Crippen LogP contribution < -0.4 is 15.4 Å². The fraction of sp³-hybridized carbons (Fsp3) is 0.167. The van der Waals surface area contributed by atoms with E-state index in [2.05, 4.69) is 10.6 Å². The molecule has 2 amide bonds. The van der Waals surface area contributed by atoms with Crippen molar-refractivity contribution in [2.75, 3.05) is 17.7 Å². The van der Waals surface area contributed by atoms with Crippen LogP contribution in [0.4, 0.5) is 11.4 Å². The van der Waals surface area contributed by atoms with Crippen LogP contribution in [0.25, 0.3) is 0 Å². The highest BCUT2D eigenvalue weighted by Gasteiger charge is 2.18. The topological polar surface area (TPSA) is 67.4 Å². The summed E-state index contributed by atoms with van der Waals surface area (Å²) in [6.07, 6.45) is 0.707. The van der Waals surface area contributed by atoms with E-state index in [1.807, 2.05) is 37.3 Å². The Morgan fingerprint density at radius 1 is 0.828 bits per heavy atom. The number of hydrogen-bond donors (Lipinski definition) is 2. The second-order valence-electron chi connectivity index (χ2n) is 6.62. The molecule has 5 heteroatoms. The Morgan fingerprint density at radius 2 is 1.41 bits per heavy atom. The number of rotatable bonds is 7. The molecule has 0 spiro atoms. The molecule has 0 fully saturated rings. The minimum atomic E-state index is -0.219. The zero-order chi connectivity index (χ0) is 20.6. The van der Waals surface area contributed by atoms with Gasteiger partial charge in [-0.15, -0.1) is 0 Å². The summed E-state index contributed by atoms with van der Waals surface area (Å²) in [5.41, 5.74) is 2.84. The molecule has 0 bridgehead atoms. The molecule has 0 heterocycles. The van der Waals surface area contributed by atoms with Crippen molar-refractivity contribution < 1.29 is 14.3 Å². The van der Waals surface area contributed by atoms with E-state index in [0.717, 1.165) is 11.3 Å². The number of anilines is 2. The molecule has 148 valence electrons. The van der Waals surface area contributed by atoms with Gasteiger partial charge >= 0.3 is 0 Å². The van der Waals surface area contributed by atoms with E-state index in [4.69, 9.17) is 4.74 Å². The van der Waals surface area contributed by atoms with Gasteiger partial charge in [-0.05, 0) is 60.5 Å². The molecule has 2 N–H and O–H groups in total. The Kier molecular flexibility index (Phi) is 6.63. The first kappa shape index (κ1) is 20.1. The SMILES string of the molecule is CC[C@H](C(=O)Nc1ccc(C(=O)Nc2ccc(OC)cc2)cc1)c1ccccc1. The molecule has 0 unspecified atom stereocenters. The van der Waals surface area contributed by atoms with E-state index in [1.165, 1.54) is 0 Å². The quantitative estimate of drug-likeness (QED) is 0.593. The number of amides is 2. The lowest BCUT2D eigenvalue weighted by molar-refractivity contribution is -0.117. The summed E-state index contributed by atoms with van der Waals surface area (Å²) in [6, 6.07) is 23.7. The number of carbonyl (C=O) groups excluding carboxylic acids is 2. The van der Waals surface area contributed by atoms with Gasteiger partial charge in [-0.1, -0.05) is 37.3 Å². The number of ether oxygens (including phenoxy) is 1. The molecule has 3 aromatic carbocycles. The van der Waals surface area contributed by atoms with E-state index >= 15 is 0 Å². The molecule has 0 aliphatic rings. The fourth-order valence-corrected chi connectivity index (χ4v) is 3.07. The average molecular weight is 388 g/mol. The standard InChI is InChI=1S/C24H24N2O3/c1-3-22(17-7-5-4-6-8-17)24(28)26-19-11-9-18(10-12-19)23(27)25-20-13-15-21(29-2)16-14-20/h4-16,22H,3H2,1-2H3,(H,25,27)(H,26,28)/t22-/m0/s1. The van der Waals surface area contributed by atoms with Crippen LogP contribution in [0.2, 0.25) is 0 Å². The Bertz CT molecular complexity index is 952. The van der Waals surface area contributed by atoms with Crippen LogP contribution in [-0.2, 0) is 4.79 Å². The molecule has 0 aliphatic carbocycles. The van der Waals surface area contributed by atoms with E-state index < -0.39 is 0 Å². The maximum absolute atomic E-state index is 12.7. The zero-order valence-corrected chi connectivity index (χ0v) is 16.5. The van der Waals surface area contributed by atoms with Crippen molar-refractivity contribution in [3.63, 3.8) is 0 Å². The van der Waals surface area contributed by atoms with Crippen molar-refractivity contribution in [2.45, 2.75) is 19.3 Å². The van der Waals surface area contributed by atoms with Gasteiger partial charge in [-0.25, -0.2) is 0 Å². The highest BCUT2D eigenvalue weighted by Crippen LogP contribution is 2.22. The van der Waals surface area contributed by atoms with Gasteiger partial charge in [0.05, 0.1) is 13.0 Å². The van der Waals surface area contributed by atoms with Crippen LogP contribution in [0.1, 0.15) is 35.2 Å². The minimum Gasteiger partial charge on any atom is -0.497 e. The van der Waals surface area contributed by atoms with Gasteiger partial charge in [0.25, 0.3) is 5.91 Å². The number of methoxy groups -OCH3 is 1. The second-order valence-corrected chi connectivity index (χ2v) is 6.62. The third-order valence-electron chi connectivity index (χ3n) is 4.69. The van der Waals surface area contributed by atoms with Crippen molar-refractivity contribution >= 4 is 23.2 Å². The molecule has 3 aromatic rings. The number of hydrogen-bond acceptors (Lipinski definition) is 3. The zero-order valence-electron chi connectivity index (χ0n) is 16.5. The summed E-state index contributed by atoms with van der Waals surface area (Å²) in [5, 5.41) is 5.77. The highest BCUT2D eigenvalue weighted by atomic mass is 16.5. The monoisotopic (exact) mass is 388 g/mol. The Hall–Kier alpha value is -3.60. The van der Waals surface area contributed by atoms with Gasteiger partial charge in [0.1, 0.15) is 5.75 Å². The van der Waals surface area contributed by atoms with Gasteiger partial charge in [0.2, 0.25) is 5.91 Å². The average Bonchev–Trinajstić information content (AvgIpc) is 2.76. The van der Waals surface area contributed by atoms with Crippen molar-refractivity contribution in [1.29, 1.82) is 0 Å². The first-order valence-corrected chi connectivity index (χ1v) is 9.52. The van der Waals surface area contributed by atoms with Crippen molar-refractivity contribution in [3.05, 3.63) is 90.0 Å². The normalized spacial score (nSPS) is 11.4. The third kappa shape index (κ3) is 5.23. The summed E-state index contributed by atoms with van der Waals surface area (Å²) < 4.78 is 5.11. The second kappa shape index (κ2) is 9.55. The van der Waals surface area contributed by atoms with Crippen LogP contribution in [0, 0.1) is 0 Å². The molecular formula is C24H24N2O3. The Morgan fingerprint density at radius 3 is 2.00 bits per heavy atom. The number of benzene rings is 3. The third-order valence-corrected chi connectivity index (χ3v) is 4.69.